The maximum atomic E-state index is 12.2. The molecule has 2 N–H and O–H groups in total. The molecule has 1 heterocycles. The van der Waals surface area contributed by atoms with Crippen LogP contribution in [0.5, 0.6) is 0 Å². The van der Waals surface area contributed by atoms with E-state index in [4.69, 9.17) is 4.74 Å². The molecule has 0 aromatic heterocycles. The molecule has 1 amide bonds. The summed E-state index contributed by atoms with van der Waals surface area (Å²) >= 11 is 0. The summed E-state index contributed by atoms with van der Waals surface area (Å²) in [5.41, 5.74) is 1.01. The van der Waals surface area contributed by atoms with Crippen molar-refractivity contribution in [3.8, 4) is 0 Å². The Kier molecular flexibility index (Phi) is 6.01. The average Bonchev–Trinajstić information content (AvgIpc) is 3.04. The van der Waals surface area contributed by atoms with Gasteiger partial charge in [-0.3, -0.25) is 4.79 Å². The van der Waals surface area contributed by atoms with Crippen LogP contribution in [0.2, 0.25) is 0 Å². The highest BCUT2D eigenvalue weighted by molar-refractivity contribution is 7.89. The minimum atomic E-state index is -3.70. The Labute approximate surface area is 144 Å². The lowest BCUT2D eigenvalue weighted by atomic mass is 9.87. The summed E-state index contributed by atoms with van der Waals surface area (Å²) in [6.07, 6.45) is 1.96. The third kappa shape index (κ3) is 5.29. The lowest BCUT2D eigenvalue weighted by Crippen LogP contribution is -2.39. The van der Waals surface area contributed by atoms with Gasteiger partial charge in [0.1, 0.15) is 0 Å². The number of hydrogen-bond acceptors (Lipinski definition) is 4. The summed E-state index contributed by atoms with van der Waals surface area (Å²) < 4.78 is 32.2. The van der Waals surface area contributed by atoms with Gasteiger partial charge in [-0.25, -0.2) is 13.1 Å². The molecule has 134 valence electrons. The van der Waals surface area contributed by atoms with E-state index in [1.54, 1.807) is 24.3 Å². The number of amides is 1. The zero-order valence-electron chi connectivity index (χ0n) is 14.5. The largest absolute Gasteiger partial charge is 0.376 e. The van der Waals surface area contributed by atoms with Gasteiger partial charge < -0.3 is 10.1 Å². The summed E-state index contributed by atoms with van der Waals surface area (Å²) in [5.74, 6) is -0.361. The van der Waals surface area contributed by atoms with Gasteiger partial charge in [-0.15, -0.1) is 0 Å². The Morgan fingerprint density at radius 3 is 2.46 bits per heavy atom. The van der Waals surface area contributed by atoms with Gasteiger partial charge in [-0.1, -0.05) is 32.9 Å². The standard InChI is InChI=1S/C17H26N2O4S/c1-17(2,3)13-6-8-15(9-7-13)24(21,22)19-12-16(20)18-11-14-5-4-10-23-14/h6-9,14,19H,4-5,10-12H2,1-3H3,(H,18,20). The van der Waals surface area contributed by atoms with Crippen molar-refractivity contribution in [3.05, 3.63) is 29.8 Å². The Bertz CT molecular complexity index is 657. The van der Waals surface area contributed by atoms with Crippen molar-refractivity contribution >= 4 is 15.9 Å². The molecule has 0 saturated carbocycles. The fraction of sp³-hybridized carbons (Fsp3) is 0.588. The maximum absolute atomic E-state index is 12.2. The molecular formula is C17H26N2O4S. The molecule has 1 aromatic carbocycles. The van der Waals surface area contributed by atoms with Crippen LogP contribution in [0.1, 0.15) is 39.2 Å². The molecule has 1 saturated heterocycles. The first kappa shape index (κ1) is 18.9. The van der Waals surface area contributed by atoms with Crippen LogP contribution in [0.3, 0.4) is 0 Å². The monoisotopic (exact) mass is 354 g/mol. The molecule has 24 heavy (non-hydrogen) atoms. The van der Waals surface area contributed by atoms with E-state index in [2.05, 4.69) is 30.8 Å². The average molecular weight is 354 g/mol. The number of hydrogen-bond donors (Lipinski definition) is 2. The Balaban J connectivity index is 1.87. The SMILES string of the molecule is CC(C)(C)c1ccc(S(=O)(=O)NCC(=O)NCC2CCCO2)cc1. The first-order chi connectivity index (χ1) is 11.2. The third-order valence-electron chi connectivity index (χ3n) is 4.00. The molecule has 1 unspecified atom stereocenters. The molecule has 0 radical (unpaired) electrons. The zero-order chi connectivity index (χ0) is 17.8. The molecule has 1 aliphatic heterocycles. The van der Waals surface area contributed by atoms with E-state index in [0.717, 1.165) is 25.0 Å². The first-order valence-electron chi connectivity index (χ1n) is 8.17. The molecule has 2 rings (SSSR count). The molecule has 0 spiro atoms. The predicted molar refractivity (Wildman–Crippen MR) is 92.3 cm³/mol. The number of ether oxygens (including phenoxy) is 1. The van der Waals surface area contributed by atoms with E-state index < -0.39 is 10.0 Å². The lowest BCUT2D eigenvalue weighted by Gasteiger charge is -2.19. The minimum absolute atomic E-state index is 0.0375. The normalized spacial score (nSPS) is 18.5. The lowest BCUT2D eigenvalue weighted by molar-refractivity contribution is -0.120. The molecule has 1 fully saturated rings. The zero-order valence-corrected chi connectivity index (χ0v) is 15.3. The summed E-state index contributed by atoms with van der Waals surface area (Å²) in [7, 11) is -3.70. The van der Waals surface area contributed by atoms with Crippen LogP contribution in [0.4, 0.5) is 0 Å². The van der Waals surface area contributed by atoms with E-state index in [0.29, 0.717) is 6.54 Å². The van der Waals surface area contributed by atoms with Crippen molar-refractivity contribution < 1.29 is 17.9 Å². The van der Waals surface area contributed by atoms with Crippen LogP contribution < -0.4 is 10.0 Å². The predicted octanol–water partition coefficient (Wildman–Crippen LogP) is 1.56. The topological polar surface area (TPSA) is 84.5 Å². The maximum Gasteiger partial charge on any atom is 0.241 e. The van der Waals surface area contributed by atoms with Crippen LogP contribution in [0.25, 0.3) is 0 Å². The van der Waals surface area contributed by atoms with E-state index in [1.165, 1.54) is 0 Å². The molecule has 1 atom stereocenters. The van der Waals surface area contributed by atoms with E-state index in [1.807, 2.05) is 0 Å². The summed E-state index contributed by atoms with van der Waals surface area (Å²) in [5, 5.41) is 2.69. The number of rotatable bonds is 6. The van der Waals surface area contributed by atoms with Crippen molar-refractivity contribution in [2.75, 3.05) is 19.7 Å². The van der Waals surface area contributed by atoms with E-state index in [9.17, 15) is 13.2 Å². The Morgan fingerprint density at radius 2 is 1.92 bits per heavy atom. The number of carbonyl (C=O) groups is 1. The van der Waals surface area contributed by atoms with E-state index >= 15 is 0 Å². The number of nitrogens with one attached hydrogen (secondary N) is 2. The van der Waals surface area contributed by atoms with Crippen LogP contribution in [0.15, 0.2) is 29.2 Å². The Morgan fingerprint density at radius 1 is 1.25 bits per heavy atom. The minimum Gasteiger partial charge on any atom is -0.376 e. The number of benzene rings is 1. The fourth-order valence-corrected chi connectivity index (χ4v) is 3.46. The second-order valence-electron chi connectivity index (χ2n) is 7.04. The van der Waals surface area contributed by atoms with Gasteiger partial charge in [0.2, 0.25) is 15.9 Å². The number of carbonyl (C=O) groups excluding carboxylic acids is 1. The van der Waals surface area contributed by atoms with Crippen molar-refractivity contribution in [3.63, 3.8) is 0 Å². The van der Waals surface area contributed by atoms with Crippen molar-refractivity contribution in [2.45, 2.75) is 50.0 Å². The Hall–Kier alpha value is -1.44. The van der Waals surface area contributed by atoms with Gasteiger partial charge in [0.25, 0.3) is 0 Å². The van der Waals surface area contributed by atoms with Crippen molar-refractivity contribution in [1.29, 1.82) is 0 Å². The van der Waals surface area contributed by atoms with Crippen LogP contribution >= 0.6 is 0 Å². The van der Waals surface area contributed by atoms with Gasteiger partial charge in [-0.05, 0) is 36.0 Å². The molecule has 7 heteroatoms. The highest BCUT2D eigenvalue weighted by atomic mass is 32.2. The quantitative estimate of drug-likeness (QED) is 0.812. The smallest absolute Gasteiger partial charge is 0.241 e. The second-order valence-corrected chi connectivity index (χ2v) is 8.80. The highest BCUT2D eigenvalue weighted by Crippen LogP contribution is 2.23. The van der Waals surface area contributed by atoms with E-state index in [-0.39, 0.29) is 28.9 Å². The summed E-state index contributed by atoms with van der Waals surface area (Å²) in [6, 6.07) is 6.72. The summed E-state index contributed by atoms with van der Waals surface area (Å²) in [6.45, 7) is 7.04. The van der Waals surface area contributed by atoms with Gasteiger partial charge >= 0.3 is 0 Å². The highest BCUT2D eigenvalue weighted by Gasteiger charge is 2.19. The van der Waals surface area contributed by atoms with Crippen molar-refractivity contribution in [2.24, 2.45) is 0 Å². The van der Waals surface area contributed by atoms with Gasteiger partial charge in [0, 0.05) is 13.2 Å². The van der Waals surface area contributed by atoms with Crippen LogP contribution in [-0.2, 0) is 25.0 Å². The molecular weight excluding hydrogens is 328 g/mol. The van der Waals surface area contributed by atoms with Crippen LogP contribution in [0, 0.1) is 0 Å². The van der Waals surface area contributed by atoms with Crippen LogP contribution in [-0.4, -0.2) is 40.1 Å². The van der Waals surface area contributed by atoms with Gasteiger partial charge in [-0.2, -0.15) is 0 Å². The van der Waals surface area contributed by atoms with Gasteiger partial charge in [0.15, 0.2) is 0 Å². The van der Waals surface area contributed by atoms with Gasteiger partial charge in [0.05, 0.1) is 17.5 Å². The molecule has 0 aliphatic carbocycles. The molecule has 0 bridgehead atoms. The molecule has 1 aliphatic rings. The second kappa shape index (κ2) is 7.63. The van der Waals surface area contributed by atoms with Crippen molar-refractivity contribution in [1.82, 2.24) is 10.0 Å². The number of sulfonamides is 1. The molecule has 1 aromatic rings. The molecule has 6 nitrogen and oxygen atoms in total. The third-order valence-corrected chi connectivity index (χ3v) is 5.42. The summed E-state index contributed by atoms with van der Waals surface area (Å²) in [4.78, 5) is 11.9. The first-order valence-corrected chi connectivity index (χ1v) is 9.65. The fourth-order valence-electron chi connectivity index (χ4n) is 2.47.